The summed E-state index contributed by atoms with van der Waals surface area (Å²) in [5, 5.41) is 3.40. The first-order valence-corrected chi connectivity index (χ1v) is 8.67. The number of hydrogen-bond acceptors (Lipinski definition) is 3. The number of alkyl halides is 3. The Balaban J connectivity index is 0.00000140. The second-order valence-corrected chi connectivity index (χ2v) is 6.83. The number of benzene rings is 1. The van der Waals surface area contributed by atoms with Gasteiger partial charge in [0.25, 0.3) is 0 Å². The van der Waals surface area contributed by atoms with Crippen molar-refractivity contribution in [2.24, 2.45) is 0 Å². The third kappa shape index (κ3) is 4.29. The van der Waals surface area contributed by atoms with E-state index in [9.17, 15) is 13.2 Å². The predicted octanol–water partition coefficient (Wildman–Crippen LogP) is 4.10. The normalized spacial score (nSPS) is 19.7. The summed E-state index contributed by atoms with van der Waals surface area (Å²) >= 11 is 0. The van der Waals surface area contributed by atoms with Crippen LogP contribution < -0.4 is 5.32 Å². The van der Waals surface area contributed by atoms with Crippen LogP contribution >= 0.6 is 12.4 Å². The molecule has 28 heavy (non-hydrogen) atoms. The molecule has 152 valence electrons. The molecule has 0 saturated carbocycles. The van der Waals surface area contributed by atoms with Gasteiger partial charge in [0.2, 0.25) is 0 Å². The van der Waals surface area contributed by atoms with Crippen molar-refractivity contribution in [3.63, 3.8) is 0 Å². The molecule has 2 aromatic heterocycles. The van der Waals surface area contributed by atoms with Gasteiger partial charge in [-0.2, -0.15) is 13.2 Å². The van der Waals surface area contributed by atoms with Gasteiger partial charge in [-0.1, -0.05) is 18.2 Å². The molecule has 1 aliphatic rings. The number of hydrogen-bond donors (Lipinski definition) is 2. The number of piperidine rings is 1. The van der Waals surface area contributed by atoms with E-state index in [1.165, 1.54) is 12.1 Å². The Morgan fingerprint density at radius 3 is 2.64 bits per heavy atom. The lowest BCUT2D eigenvalue weighted by Gasteiger charge is -2.26. The Kier molecular flexibility index (Phi) is 6.69. The standard InChI is InChI=1S/C19H19F3N4.ClH.H2O/c1-11-8-12(6-7-23-11)18-24-10-17-16(26-18)9-15(25-17)13-4-2-3-5-14(13)19(20,21)22;;/h2-5,9-12,23,25H,6-8H2,1H3;1H;1H2. The topological polar surface area (TPSA) is 85.1 Å². The lowest BCUT2D eigenvalue weighted by atomic mass is 9.92. The average molecular weight is 415 g/mol. The fraction of sp³-hybridized carbons (Fsp3) is 0.368. The van der Waals surface area contributed by atoms with Gasteiger partial charge in [0.05, 0.1) is 22.8 Å². The molecule has 9 heteroatoms. The highest BCUT2D eigenvalue weighted by Gasteiger charge is 2.33. The minimum Gasteiger partial charge on any atom is -0.412 e. The van der Waals surface area contributed by atoms with Crippen LogP contribution in [0.2, 0.25) is 0 Å². The molecule has 1 saturated heterocycles. The Morgan fingerprint density at radius 1 is 1.18 bits per heavy atom. The highest BCUT2D eigenvalue weighted by atomic mass is 35.5. The minimum atomic E-state index is -4.41. The summed E-state index contributed by atoms with van der Waals surface area (Å²) in [6.07, 6.45) is -0.816. The van der Waals surface area contributed by atoms with Crippen LogP contribution in [0.25, 0.3) is 22.3 Å². The third-order valence-electron chi connectivity index (χ3n) is 4.90. The van der Waals surface area contributed by atoms with E-state index < -0.39 is 11.7 Å². The smallest absolute Gasteiger partial charge is 0.412 e. The summed E-state index contributed by atoms with van der Waals surface area (Å²) < 4.78 is 39.9. The maximum absolute atomic E-state index is 13.3. The van der Waals surface area contributed by atoms with Gasteiger partial charge < -0.3 is 15.8 Å². The highest BCUT2D eigenvalue weighted by Crippen LogP contribution is 2.37. The van der Waals surface area contributed by atoms with E-state index in [0.29, 0.717) is 22.8 Å². The second kappa shape index (κ2) is 8.46. The van der Waals surface area contributed by atoms with Gasteiger partial charge in [0.15, 0.2) is 0 Å². The Hall–Kier alpha value is -2.16. The van der Waals surface area contributed by atoms with Crippen LogP contribution in [0.3, 0.4) is 0 Å². The number of H-pyrrole nitrogens is 1. The molecule has 2 unspecified atom stereocenters. The van der Waals surface area contributed by atoms with E-state index in [1.807, 2.05) is 0 Å². The first kappa shape index (κ1) is 22.1. The van der Waals surface area contributed by atoms with Crippen molar-refractivity contribution >= 4 is 23.4 Å². The quantitative estimate of drug-likeness (QED) is 0.662. The molecule has 2 atom stereocenters. The first-order valence-electron chi connectivity index (χ1n) is 8.67. The fourth-order valence-corrected chi connectivity index (χ4v) is 3.61. The SMILES string of the molecule is CC1CC(c2ncc3[nH]c(-c4ccccc4C(F)(F)F)cc3n2)CCN1.Cl.O. The molecule has 0 aliphatic carbocycles. The van der Waals surface area contributed by atoms with Crippen LogP contribution in [0.1, 0.15) is 37.1 Å². The van der Waals surface area contributed by atoms with Gasteiger partial charge in [0, 0.05) is 23.2 Å². The number of aromatic nitrogens is 3. The zero-order valence-electron chi connectivity index (χ0n) is 15.2. The maximum atomic E-state index is 13.3. The van der Waals surface area contributed by atoms with Crippen molar-refractivity contribution in [3.05, 3.63) is 47.9 Å². The molecule has 0 bridgehead atoms. The van der Waals surface area contributed by atoms with Gasteiger partial charge in [0.1, 0.15) is 5.82 Å². The second-order valence-electron chi connectivity index (χ2n) is 6.83. The monoisotopic (exact) mass is 414 g/mol. The summed E-state index contributed by atoms with van der Waals surface area (Å²) in [5.74, 6) is 1.04. The molecule has 0 radical (unpaired) electrons. The van der Waals surface area contributed by atoms with Gasteiger partial charge in [-0.05, 0) is 38.4 Å². The molecule has 5 nitrogen and oxygen atoms in total. The minimum absolute atomic E-state index is 0. The molecule has 4 N–H and O–H groups in total. The van der Waals surface area contributed by atoms with Crippen LogP contribution in [-0.4, -0.2) is 33.0 Å². The molecule has 3 heterocycles. The zero-order chi connectivity index (χ0) is 18.3. The summed E-state index contributed by atoms with van der Waals surface area (Å²) in [6, 6.07) is 7.64. The number of aromatic amines is 1. The van der Waals surface area contributed by atoms with Gasteiger partial charge in [-0.3, -0.25) is 0 Å². The molecular weight excluding hydrogens is 393 g/mol. The molecular formula is C19H22ClF3N4O. The van der Waals surface area contributed by atoms with Crippen LogP contribution in [0, 0.1) is 0 Å². The summed E-state index contributed by atoms with van der Waals surface area (Å²) in [4.78, 5) is 12.1. The maximum Gasteiger partial charge on any atom is 0.417 e. The first-order chi connectivity index (χ1) is 12.4. The Morgan fingerprint density at radius 2 is 1.93 bits per heavy atom. The predicted molar refractivity (Wildman–Crippen MR) is 105 cm³/mol. The molecule has 0 amide bonds. The van der Waals surface area contributed by atoms with E-state index in [4.69, 9.17) is 0 Å². The Labute approximate surface area is 166 Å². The van der Waals surface area contributed by atoms with Gasteiger partial charge >= 0.3 is 6.18 Å². The fourth-order valence-electron chi connectivity index (χ4n) is 3.61. The van der Waals surface area contributed by atoms with Crippen molar-refractivity contribution in [3.8, 4) is 11.3 Å². The molecule has 1 aromatic carbocycles. The lowest BCUT2D eigenvalue weighted by Crippen LogP contribution is -2.35. The van der Waals surface area contributed by atoms with Crippen LogP contribution in [0.4, 0.5) is 13.2 Å². The van der Waals surface area contributed by atoms with Crippen LogP contribution in [0.5, 0.6) is 0 Å². The number of halogens is 4. The van der Waals surface area contributed by atoms with Crippen molar-refractivity contribution in [2.75, 3.05) is 6.54 Å². The van der Waals surface area contributed by atoms with Gasteiger partial charge in [-0.15, -0.1) is 12.4 Å². The summed E-state index contributed by atoms with van der Waals surface area (Å²) in [5.41, 5.74) is 1.15. The van der Waals surface area contributed by atoms with Crippen molar-refractivity contribution < 1.29 is 18.6 Å². The molecule has 1 aliphatic heterocycles. The summed E-state index contributed by atoms with van der Waals surface area (Å²) in [6.45, 7) is 3.05. The van der Waals surface area contributed by atoms with Crippen LogP contribution in [-0.2, 0) is 6.18 Å². The van der Waals surface area contributed by atoms with E-state index in [2.05, 4.69) is 27.2 Å². The molecule has 3 aromatic rings. The number of nitrogens with one attached hydrogen (secondary N) is 2. The van der Waals surface area contributed by atoms with E-state index >= 15 is 0 Å². The number of fused-ring (bicyclic) bond motifs is 1. The Bertz CT molecular complexity index is 944. The number of nitrogens with zero attached hydrogens (tertiary/aromatic N) is 2. The van der Waals surface area contributed by atoms with Crippen LogP contribution in [0.15, 0.2) is 36.5 Å². The van der Waals surface area contributed by atoms with Crippen molar-refractivity contribution in [2.45, 2.75) is 37.9 Å². The van der Waals surface area contributed by atoms with Crippen molar-refractivity contribution in [1.82, 2.24) is 20.3 Å². The molecule has 0 spiro atoms. The third-order valence-corrected chi connectivity index (χ3v) is 4.90. The summed E-state index contributed by atoms with van der Waals surface area (Å²) in [7, 11) is 0. The number of rotatable bonds is 2. The largest absolute Gasteiger partial charge is 0.417 e. The average Bonchev–Trinajstić information content (AvgIpc) is 3.04. The van der Waals surface area contributed by atoms with E-state index in [-0.39, 0.29) is 29.4 Å². The van der Waals surface area contributed by atoms with Crippen molar-refractivity contribution in [1.29, 1.82) is 0 Å². The molecule has 1 fully saturated rings. The lowest BCUT2D eigenvalue weighted by molar-refractivity contribution is -0.137. The highest BCUT2D eigenvalue weighted by molar-refractivity contribution is 5.85. The zero-order valence-corrected chi connectivity index (χ0v) is 16.0. The van der Waals surface area contributed by atoms with E-state index in [0.717, 1.165) is 31.3 Å². The van der Waals surface area contributed by atoms with E-state index in [1.54, 1.807) is 18.3 Å². The molecule has 4 rings (SSSR count). The van der Waals surface area contributed by atoms with Gasteiger partial charge in [-0.25, -0.2) is 9.97 Å².